The van der Waals surface area contributed by atoms with E-state index in [4.69, 9.17) is 20.9 Å². The summed E-state index contributed by atoms with van der Waals surface area (Å²) >= 11 is 0. The van der Waals surface area contributed by atoms with Gasteiger partial charge in [0.15, 0.2) is 17.0 Å². The van der Waals surface area contributed by atoms with Crippen molar-refractivity contribution < 1.29 is 23.9 Å². The maximum absolute atomic E-state index is 12.7. The highest BCUT2D eigenvalue weighted by molar-refractivity contribution is 5.97. The minimum atomic E-state index is -0.973. The monoisotopic (exact) mass is 493 g/mol. The lowest BCUT2D eigenvalue weighted by molar-refractivity contribution is -0.146. The maximum atomic E-state index is 12.7. The topological polar surface area (TPSA) is 185 Å². The van der Waals surface area contributed by atoms with E-state index in [0.29, 0.717) is 22.4 Å². The van der Waals surface area contributed by atoms with Crippen LogP contribution >= 0.6 is 0 Å². The molecule has 0 bridgehead atoms. The summed E-state index contributed by atoms with van der Waals surface area (Å²) in [5.41, 5.74) is 13.7. The van der Waals surface area contributed by atoms with Crippen LogP contribution in [0.4, 0.5) is 11.8 Å². The first-order valence-corrected chi connectivity index (χ1v) is 11.3. The molecule has 0 saturated heterocycles. The standard InChI is InChI=1S/C24H27N7O5/c1-3-35-18(32)12-11-17(23(34)36-4-2)29-22(33)15-8-5-14(6-9-15)7-10-16-13-27-21-19(28-16)20(25)30-24(26)31-21/h5-10,13,17H,3-4,11-12H2,1-2H3,(H,29,33)(H4,25,26,27,30,31)/t17-/m1/s1. The Kier molecular flexibility index (Phi) is 8.81. The molecule has 2 heterocycles. The molecule has 0 radical (unpaired) electrons. The van der Waals surface area contributed by atoms with Gasteiger partial charge in [0, 0.05) is 12.0 Å². The van der Waals surface area contributed by atoms with Gasteiger partial charge in [-0.1, -0.05) is 18.2 Å². The molecule has 3 rings (SSSR count). The predicted octanol–water partition coefficient (Wildman–Crippen LogP) is 1.76. The van der Waals surface area contributed by atoms with Crippen molar-refractivity contribution in [3.8, 4) is 0 Å². The van der Waals surface area contributed by atoms with Gasteiger partial charge in [-0.3, -0.25) is 9.59 Å². The highest BCUT2D eigenvalue weighted by atomic mass is 16.5. The molecule has 12 heteroatoms. The van der Waals surface area contributed by atoms with Crippen LogP contribution in [0.25, 0.3) is 23.3 Å². The second kappa shape index (κ2) is 12.2. The Bertz CT molecular complexity index is 1280. The van der Waals surface area contributed by atoms with E-state index >= 15 is 0 Å². The minimum Gasteiger partial charge on any atom is -0.466 e. The summed E-state index contributed by atoms with van der Waals surface area (Å²) in [5.74, 6) is -1.37. The van der Waals surface area contributed by atoms with Crippen molar-refractivity contribution in [2.75, 3.05) is 24.7 Å². The van der Waals surface area contributed by atoms with E-state index in [-0.39, 0.29) is 37.8 Å². The van der Waals surface area contributed by atoms with Crippen molar-refractivity contribution in [1.29, 1.82) is 0 Å². The maximum Gasteiger partial charge on any atom is 0.328 e. The first-order valence-electron chi connectivity index (χ1n) is 11.3. The number of ether oxygens (including phenoxy) is 2. The van der Waals surface area contributed by atoms with E-state index in [1.165, 1.54) is 6.20 Å². The van der Waals surface area contributed by atoms with Gasteiger partial charge in [-0.2, -0.15) is 9.97 Å². The van der Waals surface area contributed by atoms with Crippen molar-refractivity contribution in [2.45, 2.75) is 32.7 Å². The van der Waals surface area contributed by atoms with Crippen molar-refractivity contribution in [3.63, 3.8) is 0 Å². The number of anilines is 2. The molecule has 1 amide bonds. The summed E-state index contributed by atoms with van der Waals surface area (Å²) in [6, 6.07) is 5.72. The van der Waals surface area contributed by atoms with E-state index in [1.54, 1.807) is 50.3 Å². The fourth-order valence-electron chi connectivity index (χ4n) is 3.20. The SMILES string of the molecule is CCOC(=O)CC[C@@H](NC(=O)c1ccc(C=Cc2cnc3nc(N)nc(N)c3n2)cc1)C(=O)OCC. The zero-order valence-electron chi connectivity index (χ0n) is 19.9. The molecule has 12 nitrogen and oxygen atoms in total. The molecule has 0 unspecified atom stereocenters. The summed E-state index contributed by atoms with van der Waals surface area (Å²) in [5, 5.41) is 2.63. The molecule has 0 fully saturated rings. The zero-order chi connectivity index (χ0) is 26.1. The first-order chi connectivity index (χ1) is 17.3. The van der Waals surface area contributed by atoms with Gasteiger partial charge in [0.25, 0.3) is 5.91 Å². The predicted molar refractivity (Wildman–Crippen MR) is 133 cm³/mol. The van der Waals surface area contributed by atoms with Gasteiger partial charge in [-0.25, -0.2) is 14.8 Å². The number of nitrogens with two attached hydrogens (primary N) is 2. The van der Waals surface area contributed by atoms with Gasteiger partial charge in [-0.05, 0) is 44.0 Å². The van der Waals surface area contributed by atoms with Crippen molar-refractivity contribution >= 4 is 52.9 Å². The normalized spacial score (nSPS) is 11.8. The molecular weight excluding hydrogens is 466 g/mol. The molecule has 0 aliphatic heterocycles. The Labute approximate surface area is 207 Å². The van der Waals surface area contributed by atoms with Crippen LogP contribution in [0.2, 0.25) is 0 Å². The van der Waals surface area contributed by atoms with E-state index in [2.05, 4.69) is 25.3 Å². The molecule has 3 aromatic rings. The smallest absolute Gasteiger partial charge is 0.328 e. The summed E-state index contributed by atoms with van der Waals surface area (Å²) < 4.78 is 9.90. The molecular formula is C24H27N7O5. The van der Waals surface area contributed by atoms with Crippen LogP contribution in [0.3, 0.4) is 0 Å². The Balaban J connectivity index is 1.67. The van der Waals surface area contributed by atoms with Crippen LogP contribution in [0.15, 0.2) is 30.5 Å². The lowest BCUT2D eigenvalue weighted by Crippen LogP contribution is -2.42. The molecule has 36 heavy (non-hydrogen) atoms. The third-order valence-electron chi connectivity index (χ3n) is 4.91. The van der Waals surface area contributed by atoms with E-state index in [0.717, 1.165) is 5.56 Å². The highest BCUT2D eigenvalue weighted by Crippen LogP contribution is 2.16. The number of nitrogens with zero attached hydrogens (tertiary/aromatic N) is 4. The first kappa shape index (κ1) is 26.0. The van der Waals surface area contributed by atoms with Crippen LogP contribution in [-0.2, 0) is 19.1 Å². The number of aromatic nitrogens is 4. The number of hydrogen-bond donors (Lipinski definition) is 3. The number of nitrogen functional groups attached to an aromatic ring is 2. The van der Waals surface area contributed by atoms with E-state index < -0.39 is 23.9 Å². The largest absolute Gasteiger partial charge is 0.466 e. The fraction of sp³-hybridized carbons (Fsp3) is 0.292. The van der Waals surface area contributed by atoms with Crippen LogP contribution in [0, 0.1) is 0 Å². The Morgan fingerprint density at radius 2 is 1.72 bits per heavy atom. The third kappa shape index (κ3) is 6.95. The summed E-state index contributed by atoms with van der Waals surface area (Å²) in [7, 11) is 0. The van der Waals surface area contributed by atoms with Gasteiger partial charge >= 0.3 is 11.9 Å². The molecule has 0 saturated carbocycles. The lowest BCUT2D eigenvalue weighted by Gasteiger charge is -2.17. The van der Waals surface area contributed by atoms with Crippen LogP contribution < -0.4 is 16.8 Å². The van der Waals surface area contributed by atoms with Crippen molar-refractivity contribution in [3.05, 3.63) is 47.3 Å². The number of carbonyl (C=O) groups excluding carboxylic acids is 3. The van der Waals surface area contributed by atoms with Gasteiger partial charge in [0.2, 0.25) is 5.95 Å². The van der Waals surface area contributed by atoms with E-state index in [1.807, 2.05) is 0 Å². The number of fused-ring (bicyclic) bond motifs is 1. The molecule has 2 aromatic heterocycles. The van der Waals surface area contributed by atoms with Crippen LogP contribution in [0.5, 0.6) is 0 Å². The Morgan fingerprint density at radius 1 is 1.00 bits per heavy atom. The van der Waals surface area contributed by atoms with Gasteiger partial charge in [-0.15, -0.1) is 0 Å². The number of carbonyl (C=O) groups is 3. The average Bonchev–Trinajstić information content (AvgIpc) is 2.85. The number of esters is 2. The lowest BCUT2D eigenvalue weighted by atomic mass is 10.1. The van der Waals surface area contributed by atoms with Gasteiger partial charge < -0.3 is 26.3 Å². The molecule has 1 atom stereocenters. The number of hydrogen-bond acceptors (Lipinski definition) is 11. The van der Waals surface area contributed by atoms with Crippen LogP contribution in [-0.4, -0.2) is 57.0 Å². The quantitative estimate of drug-likeness (QED) is 0.349. The number of benzene rings is 1. The molecule has 0 spiro atoms. The molecule has 0 aliphatic carbocycles. The number of rotatable bonds is 10. The van der Waals surface area contributed by atoms with Crippen molar-refractivity contribution in [2.24, 2.45) is 0 Å². The Morgan fingerprint density at radius 3 is 2.42 bits per heavy atom. The zero-order valence-corrected chi connectivity index (χ0v) is 19.9. The van der Waals surface area contributed by atoms with E-state index in [9.17, 15) is 14.4 Å². The summed E-state index contributed by atoms with van der Waals surface area (Å²) in [6.07, 6.45) is 5.08. The van der Waals surface area contributed by atoms with Gasteiger partial charge in [0.1, 0.15) is 6.04 Å². The molecule has 0 aliphatic rings. The van der Waals surface area contributed by atoms with Crippen LogP contribution in [0.1, 0.15) is 48.3 Å². The second-order valence-corrected chi connectivity index (χ2v) is 7.51. The average molecular weight is 494 g/mol. The minimum absolute atomic E-state index is 0.0225. The molecule has 1 aromatic carbocycles. The summed E-state index contributed by atoms with van der Waals surface area (Å²) in [6.45, 7) is 3.75. The third-order valence-corrected chi connectivity index (χ3v) is 4.91. The second-order valence-electron chi connectivity index (χ2n) is 7.51. The van der Waals surface area contributed by atoms with Gasteiger partial charge in [0.05, 0.1) is 25.1 Å². The number of amides is 1. The molecule has 5 N–H and O–H groups in total. The number of nitrogens with one attached hydrogen (secondary N) is 1. The summed E-state index contributed by atoms with van der Waals surface area (Å²) in [4.78, 5) is 53.1. The molecule has 188 valence electrons. The Hall–Kier alpha value is -4.61. The fourth-order valence-corrected chi connectivity index (χ4v) is 3.20. The van der Waals surface area contributed by atoms with Crippen molar-refractivity contribution in [1.82, 2.24) is 25.3 Å². The highest BCUT2D eigenvalue weighted by Gasteiger charge is 2.24.